The number of nitrogens with one attached hydrogen (secondary N) is 1. The Bertz CT molecular complexity index is 774. The van der Waals surface area contributed by atoms with Crippen molar-refractivity contribution in [2.75, 3.05) is 19.0 Å². The summed E-state index contributed by atoms with van der Waals surface area (Å²) in [5.74, 6) is 0.399. The van der Waals surface area contributed by atoms with Crippen molar-refractivity contribution >= 4 is 17.5 Å². The third-order valence-electron chi connectivity index (χ3n) is 4.51. The highest BCUT2D eigenvalue weighted by atomic mass is 16.5. The topological polar surface area (TPSA) is 58.6 Å². The van der Waals surface area contributed by atoms with E-state index >= 15 is 0 Å². The van der Waals surface area contributed by atoms with Gasteiger partial charge in [-0.2, -0.15) is 0 Å². The predicted octanol–water partition coefficient (Wildman–Crippen LogP) is 3.25. The van der Waals surface area contributed by atoms with E-state index in [4.69, 9.17) is 4.74 Å². The number of para-hydroxylation sites is 1. The van der Waals surface area contributed by atoms with Crippen molar-refractivity contribution in [1.82, 2.24) is 4.90 Å². The van der Waals surface area contributed by atoms with Gasteiger partial charge >= 0.3 is 0 Å². The van der Waals surface area contributed by atoms with Gasteiger partial charge in [-0.1, -0.05) is 24.3 Å². The van der Waals surface area contributed by atoms with Crippen molar-refractivity contribution in [3.63, 3.8) is 0 Å². The number of anilines is 1. The minimum Gasteiger partial charge on any atom is -0.496 e. The number of likely N-dealkylation sites (tertiary alicyclic amines) is 1. The van der Waals surface area contributed by atoms with Crippen LogP contribution >= 0.6 is 0 Å². The molecule has 2 amide bonds. The predicted molar refractivity (Wildman–Crippen MR) is 96.9 cm³/mol. The van der Waals surface area contributed by atoms with Gasteiger partial charge in [0.1, 0.15) is 11.8 Å². The maximum Gasteiger partial charge on any atom is 0.254 e. The molecule has 2 aromatic carbocycles. The Balaban J connectivity index is 1.76. The molecular weight excluding hydrogens is 316 g/mol. The highest BCUT2D eigenvalue weighted by Crippen LogP contribution is 2.25. The fraction of sp³-hybridized carbons (Fsp3) is 0.300. The van der Waals surface area contributed by atoms with E-state index in [1.807, 2.05) is 43.3 Å². The lowest BCUT2D eigenvalue weighted by molar-refractivity contribution is -0.119. The molecule has 25 heavy (non-hydrogen) atoms. The number of nitrogens with zero attached hydrogens (tertiary/aromatic N) is 1. The number of rotatable bonds is 4. The van der Waals surface area contributed by atoms with E-state index < -0.39 is 6.04 Å². The molecule has 1 saturated heterocycles. The van der Waals surface area contributed by atoms with E-state index in [-0.39, 0.29) is 11.8 Å². The van der Waals surface area contributed by atoms with Gasteiger partial charge in [0.25, 0.3) is 5.91 Å². The molecule has 0 spiro atoms. The monoisotopic (exact) mass is 338 g/mol. The van der Waals surface area contributed by atoms with Crippen LogP contribution in [0.5, 0.6) is 5.75 Å². The Morgan fingerprint density at radius 2 is 1.92 bits per heavy atom. The van der Waals surface area contributed by atoms with E-state index in [9.17, 15) is 9.59 Å². The van der Waals surface area contributed by atoms with Crippen molar-refractivity contribution < 1.29 is 14.3 Å². The minimum atomic E-state index is -0.444. The Labute approximate surface area is 147 Å². The van der Waals surface area contributed by atoms with Gasteiger partial charge in [0.2, 0.25) is 5.91 Å². The summed E-state index contributed by atoms with van der Waals surface area (Å²) in [6, 6.07) is 14.2. The maximum atomic E-state index is 12.9. The van der Waals surface area contributed by atoms with Gasteiger partial charge in [-0.25, -0.2) is 0 Å². The normalized spacial score (nSPS) is 16.6. The van der Waals surface area contributed by atoms with Crippen LogP contribution in [0.3, 0.4) is 0 Å². The fourth-order valence-electron chi connectivity index (χ4n) is 3.15. The summed E-state index contributed by atoms with van der Waals surface area (Å²) in [6.45, 7) is 2.51. The zero-order chi connectivity index (χ0) is 17.8. The smallest absolute Gasteiger partial charge is 0.254 e. The van der Waals surface area contributed by atoms with Gasteiger partial charge in [-0.15, -0.1) is 0 Å². The number of aryl methyl sites for hydroxylation is 1. The molecule has 130 valence electrons. The van der Waals surface area contributed by atoms with Gasteiger partial charge in [-0.3, -0.25) is 9.59 Å². The quantitative estimate of drug-likeness (QED) is 0.931. The Hall–Kier alpha value is -2.82. The zero-order valence-electron chi connectivity index (χ0n) is 14.5. The summed E-state index contributed by atoms with van der Waals surface area (Å²) in [6.07, 6.45) is 1.50. The highest BCUT2D eigenvalue weighted by molar-refractivity contribution is 6.01. The Morgan fingerprint density at radius 3 is 2.64 bits per heavy atom. The van der Waals surface area contributed by atoms with Gasteiger partial charge in [-0.05, 0) is 49.6 Å². The molecule has 1 aliphatic rings. The molecule has 0 unspecified atom stereocenters. The lowest BCUT2D eigenvalue weighted by atomic mass is 10.1. The zero-order valence-corrected chi connectivity index (χ0v) is 14.5. The first-order valence-electron chi connectivity index (χ1n) is 8.41. The van der Waals surface area contributed by atoms with Crippen LogP contribution < -0.4 is 10.1 Å². The van der Waals surface area contributed by atoms with Crippen molar-refractivity contribution in [2.45, 2.75) is 25.8 Å². The second-order valence-electron chi connectivity index (χ2n) is 6.20. The number of benzene rings is 2. The highest BCUT2D eigenvalue weighted by Gasteiger charge is 2.34. The Kier molecular flexibility index (Phi) is 5.03. The second-order valence-corrected chi connectivity index (χ2v) is 6.20. The largest absolute Gasteiger partial charge is 0.496 e. The van der Waals surface area contributed by atoms with Crippen molar-refractivity contribution in [2.24, 2.45) is 0 Å². The molecule has 0 radical (unpaired) electrons. The number of methoxy groups -OCH3 is 1. The summed E-state index contributed by atoms with van der Waals surface area (Å²) in [4.78, 5) is 27.1. The van der Waals surface area contributed by atoms with Crippen LogP contribution in [0.2, 0.25) is 0 Å². The fourth-order valence-corrected chi connectivity index (χ4v) is 3.15. The molecular formula is C20H22N2O3. The van der Waals surface area contributed by atoms with Gasteiger partial charge in [0.15, 0.2) is 0 Å². The average molecular weight is 338 g/mol. The average Bonchev–Trinajstić information content (AvgIpc) is 3.12. The van der Waals surface area contributed by atoms with E-state index in [2.05, 4.69) is 5.32 Å². The summed E-state index contributed by atoms with van der Waals surface area (Å²) < 4.78 is 5.30. The van der Waals surface area contributed by atoms with E-state index in [0.717, 1.165) is 17.7 Å². The third-order valence-corrected chi connectivity index (χ3v) is 4.51. The first kappa shape index (κ1) is 17.0. The molecule has 1 aliphatic heterocycles. The molecule has 2 aromatic rings. The molecule has 5 heteroatoms. The summed E-state index contributed by atoms with van der Waals surface area (Å²) in [7, 11) is 1.59. The third kappa shape index (κ3) is 3.65. The van der Waals surface area contributed by atoms with Crippen LogP contribution in [-0.2, 0) is 4.79 Å². The van der Waals surface area contributed by atoms with E-state index in [1.54, 1.807) is 24.1 Å². The molecule has 1 fully saturated rings. The molecule has 1 atom stereocenters. The Morgan fingerprint density at radius 1 is 1.16 bits per heavy atom. The van der Waals surface area contributed by atoms with Crippen LogP contribution in [0, 0.1) is 6.92 Å². The number of ether oxygens (including phenoxy) is 1. The summed E-state index contributed by atoms with van der Waals surface area (Å²) in [5, 5.41) is 2.89. The molecule has 1 heterocycles. The van der Waals surface area contributed by atoms with Gasteiger partial charge in [0, 0.05) is 17.8 Å². The molecule has 0 aromatic heterocycles. The number of carbonyl (C=O) groups excluding carboxylic acids is 2. The molecule has 0 aliphatic carbocycles. The van der Waals surface area contributed by atoms with Crippen molar-refractivity contribution in [3.05, 3.63) is 59.7 Å². The first-order valence-corrected chi connectivity index (χ1v) is 8.41. The number of hydrogen-bond acceptors (Lipinski definition) is 3. The van der Waals surface area contributed by atoms with Crippen molar-refractivity contribution in [3.8, 4) is 5.75 Å². The summed E-state index contributed by atoms with van der Waals surface area (Å²) in [5.41, 5.74) is 2.25. The maximum absolute atomic E-state index is 12.9. The molecule has 0 bridgehead atoms. The standard InChI is InChI=1S/C20H22N2O3/c1-14-10-11-15(13-18(14)25-2)20(24)22-12-6-9-17(22)19(23)21-16-7-4-3-5-8-16/h3-5,7-8,10-11,13,17H,6,9,12H2,1-2H3,(H,21,23)/t17-/m1/s1. The van der Waals surface area contributed by atoms with E-state index in [0.29, 0.717) is 24.3 Å². The van der Waals surface area contributed by atoms with Crippen molar-refractivity contribution in [1.29, 1.82) is 0 Å². The van der Waals surface area contributed by atoms with Crippen LogP contribution in [0.1, 0.15) is 28.8 Å². The number of hydrogen-bond donors (Lipinski definition) is 1. The SMILES string of the molecule is COc1cc(C(=O)N2CCC[C@@H]2C(=O)Nc2ccccc2)ccc1C. The van der Waals surface area contributed by atoms with Crippen LogP contribution in [0.4, 0.5) is 5.69 Å². The number of amides is 2. The van der Waals surface area contributed by atoms with Gasteiger partial charge in [0.05, 0.1) is 7.11 Å². The van der Waals surface area contributed by atoms with Crippen LogP contribution in [-0.4, -0.2) is 36.4 Å². The number of carbonyl (C=O) groups is 2. The van der Waals surface area contributed by atoms with Gasteiger partial charge < -0.3 is 15.0 Å². The van der Waals surface area contributed by atoms with E-state index in [1.165, 1.54) is 0 Å². The first-order chi connectivity index (χ1) is 12.1. The second kappa shape index (κ2) is 7.38. The van der Waals surface area contributed by atoms with Crippen LogP contribution in [0.25, 0.3) is 0 Å². The molecule has 1 N–H and O–H groups in total. The molecule has 5 nitrogen and oxygen atoms in total. The lowest BCUT2D eigenvalue weighted by Crippen LogP contribution is -2.43. The van der Waals surface area contributed by atoms with Crippen LogP contribution in [0.15, 0.2) is 48.5 Å². The lowest BCUT2D eigenvalue weighted by Gasteiger charge is -2.24. The summed E-state index contributed by atoms with van der Waals surface area (Å²) >= 11 is 0. The molecule has 0 saturated carbocycles. The minimum absolute atomic E-state index is 0.135. The molecule has 3 rings (SSSR count).